The zero-order chi connectivity index (χ0) is 39.0. The van der Waals surface area contributed by atoms with Crippen LogP contribution in [0.5, 0.6) is 0 Å². The van der Waals surface area contributed by atoms with Crippen molar-refractivity contribution in [1.82, 2.24) is 13.7 Å². The maximum atomic E-state index is 12.1. The number of rotatable bonds is 5. The third kappa shape index (κ3) is 4.82. The van der Waals surface area contributed by atoms with Crippen LogP contribution in [-0.2, 0) is 12.8 Å². The summed E-state index contributed by atoms with van der Waals surface area (Å²) in [5, 5.41) is 17.0. The van der Waals surface area contributed by atoms with E-state index in [-0.39, 0.29) is 0 Å². The Balaban J connectivity index is 1.43. The van der Waals surface area contributed by atoms with Crippen LogP contribution >= 0.6 is 0 Å². The number of hydrogen-bond donors (Lipinski definition) is 0. The first-order valence-electron chi connectivity index (χ1n) is 20.6. The summed E-state index contributed by atoms with van der Waals surface area (Å²) in [6, 6.07) is 59.6. The number of para-hydroxylation sites is 4. The van der Waals surface area contributed by atoms with Gasteiger partial charge in [0.05, 0.1) is 39.1 Å². The van der Waals surface area contributed by atoms with Crippen molar-refractivity contribution in [3.63, 3.8) is 0 Å². The fourth-order valence-corrected chi connectivity index (χ4v) is 10.3. The molecule has 0 saturated heterocycles. The molecule has 3 aromatic heterocycles. The highest BCUT2D eigenvalue weighted by atomic mass is 15.1. The zero-order valence-corrected chi connectivity index (χ0v) is 32.4. The molecule has 0 fully saturated rings. The molecule has 12 rings (SSSR count). The van der Waals surface area contributed by atoms with E-state index in [1.807, 2.05) is 0 Å². The maximum Gasteiger partial charge on any atom is 0.104 e. The number of nitrogens with zero attached hydrogens (tertiary/aromatic N) is 4. The number of nitriles is 1. The van der Waals surface area contributed by atoms with Gasteiger partial charge in [-0.05, 0) is 84.4 Å². The average molecular weight is 755 g/mol. The molecule has 0 saturated carbocycles. The van der Waals surface area contributed by atoms with Crippen LogP contribution in [0, 0.1) is 11.3 Å². The van der Waals surface area contributed by atoms with Crippen molar-refractivity contribution in [2.45, 2.75) is 25.7 Å². The largest absolute Gasteiger partial charge is 0.308 e. The van der Waals surface area contributed by atoms with Crippen molar-refractivity contribution >= 4 is 55.8 Å². The quantitative estimate of drug-likeness (QED) is 0.172. The number of aromatic nitrogens is 3. The maximum absolute atomic E-state index is 12.1. The molecule has 0 atom stereocenters. The first kappa shape index (κ1) is 33.5. The molecule has 3 heterocycles. The SMILES string of the molecule is N#Cc1c(-n2c3c(c4ccccc42)CCC=C3)c(-c2ccccc2)c(-n2c3ccccc3c3ccccc32)c(-c2ccccc2)c1-n1c2c(c3ccccc31)CCC=C2. The number of allylic oxidation sites excluding steroid dienone is 2. The Bertz CT molecular complexity index is 3220. The van der Waals surface area contributed by atoms with Crippen LogP contribution < -0.4 is 0 Å². The lowest BCUT2D eigenvalue weighted by Crippen LogP contribution is -2.15. The first-order valence-corrected chi connectivity index (χ1v) is 20.6. The van der Waals surface area contributed by atoms with Gasteiger partial charge in [-0.2, -0.15) is 5.26 Å². The summed E-state index contributed by atoms with van der Waals surface area (Å²) >= 11 is 0. The number of fused-ring (bicyclic) bond motifs is 9. The Morgan fingerprint density at radius 1 is 0.390 bits per heavy atom. The number of benzene rings is 7. The van der Waals surface area contributed by atoms with Crippen LogP contribution in [0.2, 0.25) is 0 Å². The van der Waals surface area contributed by atoms with Gasteiger partial charge in [0.15, 0.2) is 0 Å². The lowest BCUT2D eigenvalue weighted by Gasteiger charge is -2.29. The molecule has 4 heteroatoms. The zero-order valence-electron chi connectivity index (χ0n) is 32.4. The van der Waals surface area contributed by atoms with E-state index < -0.39 is 0 Å². The van der Waals surface area contributed by atoms with Crippen molar-refractivity contribution in [3.8, 4) is 45.4 Å². The molecule has 0 unspecified atom stereocenters. The van der Waals surface area contributed by atoms with E-state index in [1.165, 1.54) is 32.7 Å². The molecule has 0 aliphatic heterocycles. The molecule has 0 radical (unpaired) electrons. The number of hydrogen-bond acceptors (Lipinski definition) is 1. The topological polar surface area (TPSA) is 38.6 Å². The van der Waals surface area contributed by atoms with Crippen LogP contribution in [0.4, 0.5) is 0 Å². The monoisotopic (exact) mass is 754 g/mol. The molecule has 0 spiro atoms. The molecular formula is C55H38N4. The van der Waals surface area contributed by atoms with Crippen LogP contribution in [0.25, 0.3) is 95.1 Å². The summed E-state index contributed by atoms with van der Waals surface area (Å²) in [4.78, 5) is 0. The van der Waals surface area contributed by atoms with Gasteiger partial charge in [-0.3, -0.25) is 0 Å². The van der Waals surface area contributed by atoms with Gasteiger partial charge in [0, 0.05) is 44.1 Å². The van der Waals surface area contributed by atoms with E-state index in [0.717, 1.165) is 98.5 Å². The second-order valence-corrected chi connectivity index (χ2v) is 15.7. The molecule has 278 valence electrons. The van der Waals surface area contributed by atoms with Crippen molar-refractivity contribution in [2.24, 2.45) is 0 Å². The van der Waals surface area contributed by atoms with Crippen molar-refractivity contribution in [1.29, 1.82) is 5.26 Å². The summed E-state index contributed by atoms with van der Waals surface area (Å²) in [7, 11) is 0. The Kier molecular flexibility index (Phi) is 7.52. The molecule has 7 aromatic carbocycles. The predicted octanol–water partition coefficient (Wildman–Crippen LogP) is 13.8. The van der Waals surface area contributed by atoms with Gasteiger partial charge in [-0.25, -0.2) is 0 Å². The standard InChI is InChI=1S/C55H38N4/c56-35-44-53(57-45-29-13-7-23-38(45)39-24-8-14-30-46(39)57)51(36-19-3-1-4-20-36)55(59-49-33-17-11-27-42(49)43-28-12-18-34-50(43)59)52(37-21-5-2-6-22-37)54(44)58-47-31-15-9-25-40(47)41-26-10-16-32-48(41)58/h1-7,9,11-23,25,27-34H,8,10,24,26H2. The van der Waals surface area contributed by atoms with Gasteiger partial charge in [-0.15, -0.1) is 0 Å². The van der Waals surface area contributed by atoms with Gasteiger partial charge in [0.2, 0.25) is 0 Å². The number of aryl methyl sites for hydroxylation is 2. The first-order chi connectivity index (χ1) is 29.3. The fourth-order valence-electron chi connectivity index (χ4n) is 10.3. The predicted molar refractivity (Wildman–Crippen MR) is 245 cm³/mol. The smallest absolute Gasteiger partial charge is 0.104 e. The molecule has 2 aliphatic rings. The van der Waals surface area contributed by atoms with Gasteiger partial charge in [-0.1, -0.05) is 146 Å². The lowest BCUT2D eigenvalue weighted by molar-refractivity contribution is 0.955. The molecule has 2 aliphatic carbocycles. The molecule has 4 nitrogen and oxygen atoms in total. The molecule has 0 amide bonds. The van der Waals surface area contributed by atoms with Crippen molar-refractivity contribution in [3.05, 3.63) is 198 Å². The summed E-state index contributed by atoms with van der Waals surface area (Å²) in [5.74, 6) is 0. The fraction of sp³-hybridized carbons (Fsp3) is 0.0727. The van der Waals surface area contributed by atoms with E-state index in [2.05, 4.69) is 202 Å². The van der Waals surface area contributed by atoms with Crippen LogP contribution in [0.15, 0.2) is 170 Å². The van der Waals surface area contributed by atoms with E-state index in [0.29, 0.717) is 5.56 Å². The summed E-state index contributed by atoms with van der Waals surface area (Å²) in [6.45, 7) is 0. The Hall–Kier alpha value is -7.61. The summed E-state index contributed by atoms with van der Waals surface area (Å²) in [6.07, 6.45) is 13.0. The molecular weight excluding hydrogens is 717 g/mol. The lowest BCUT2D eigenvalue weighted by atomic mass is 9.88. The van der Waals surface area contributed by atoms with E-state index >= 15 is 0 Å². The summed E-state index contributed by atoms with van der Waals surface area (Å²) in [5.41, 5.74) is 16.9. The third-order valence-electron chi connectivity index (χ3n) is 12.6. The highest BCUT2D eigenvalue weighted by Crippen LogP contribution is 2.52. The van der Waals surface area contributed by atoms with Crippen LogP contribution in [0.3, 0.4) is 0 Å². The van der Waals surface area contributed by atoms with Crippen molar-refractivity contribution < 1.29 is 0 Å². The Morgan fingerprint density at radius 2 is 0.763 bits per heavy atom. The van der Waals surface area contributed by atoms with E-state index in [1.54, 1.807) is 0 Å². The van der Waals surface area contributed by atoms with Gasteiger partial charge in [0.25, 0.3) is 0 Å². The average Bonchev–Trinajstić information content (AvgIpc) is 3.94. The van der Waals surface area contributed by atoms with Crippen LogP contribution in [0.1, 0.15) is 40.9 Å². The van der Waals surface area contributed by atoms with E-state index in [9.17, 15) is 5.26 Å². The molecule has 59 heavy (non-hydrogen) atoms. The van der Waals surface area contributed by atoms with Gasteiger partial charge < -0.3 is 13.7 Å². The van der Waals surface area contributed by atoms with Gasteiger partial charge >= 0.3 is 0 Å². The highest BCUT2D eigenvalue weighted by molar-refractivity contribution is 6.12. The molecule has 0 bridgehead atoms. The van der Waals surface area contributed by atoms with Crippen LogP contribution in [-0.4, -0.2) is 13.7 Å². The normalized spacial score (nSPS) is 13.3. The molecule has 0 N–H and O–H groups in total. The Morgan fingerprint density at radius 3 is 1.19 bits per heavy atom. The second kappa shape index (κ2) is 13.2. The molecule has 10 aromatic rings. The second-order valence-electron chi connectivity index (χ2n) is 15.7. The minimum absolute atomic E-state index is 0.636. The third-order valence-corrected chi connectivity index (χ3v) is 12.6. The summed E-state index contributed by atoms with van der Waals surface area (Å²) < 4.78 is 7.33. The highest BCUT2D eigenvalue weighted by Gasteiger charge is 2.34. The Labute approximate surface area is 342 Å². The minimum Gasteiger partial charge on any atom is -0.308 e. The van der Waals surface area contributed by atoms with Gasteiger partial charge in [0.1, 0.15) is 11.6 Å². The van der Waals surface area contributed by atoms with Crippen molar-refractivity contribution in [2.75, 3.05) is 0 Å². The minimum atomic E-state index is 0.636. The van der Waals surface area contributed by atoms with E-state index in [4.69, 9.17) is 0 Å².